The van der Waals surface area contributed by atoms with Gasteiger partial charge in [-0.1, -0.05) is 6.07 Å². The standard InChI is InChI=1S/C21H15F3N4O2S/c1-12-18(15-6-14(9-25)20(27-10-15)30-31-2)8-17(11-26-12)28-19(29)13-4-3-5-16(7-13)21(22,23)24/h3-8,10-11H,1-2H3,(H,28,29). The number of nitrogens with one attached hydrogen (secondary N) is 1. The first-order valence-electron chi connectivity index (χ1n) is 8.79. The van der Waals surface area contributed by atoms with Crippen LogP contribution in [0.15, 0.2) is 48.8 Å². The molecule has 0 aliphatic heterocycles. The second-order valence-corrected chi connectivity index (χ2v) is 6.83. The summed E-state index contributed by atoms with van der Waals surface area (Å²) in [6.07, 6.45) is 0.0524. The molecule has 0 saturated heterocycles. The van der Waals surface area contributed by atoms with Crippen LogP contribution in [0.1, 0.15) is 27.2 Å². The van der Waals surface area contributed by atoms with Gasteiger partial charge in [0.25, 0.3) is 5.91 Å². The van der Waals surface area contributed by atoms with Gasteiger partial charge in [-0.05, 0) is 37.3 Å². The van der Waals surface area contributed by atoms with Crippen molar-refractivity contribution in [2.45, 2.75) is 13.1 Å². The van der Waals surface area contributed by atoms with Gasteiger partial charge in [-0.15, -0.1) is 0 Å². The molecule has 31 heavy (non-hydrogen) atoms. The normalized spacial score (nSPS) is 11.0. The zero-order valence-corrected chi connectivity index (χ0v) is 17.1. The maximum Gasteiger partial charge on any atom is 0.416 e. The zero-order chi connectivity index (χ0) is 22.6. The molecule has 0 spiro atoms. The van der Waals surface area contributed by atoms with E-state index >= 15 is 0 Å². The number of benzene rings is 1. The van der Waals surface area contributed by atoms with Crippen molar-refractivity contribution in [2.75, 3.05) is 11.6 Å². The number of carbonyl (C=O) groups is 1. The molecule has 3 aromatic rings. The van der Waals surface area contributed by atoms with E-state index in [0.717, 1.165) is 24.2 Å². The predicted molar refractivity (Wildman–Crippen MR) is 110 cm³/mol. The summed E-state index contributed by atoms with van der Waals surface area (Å²) in [7, 11) is 0. The molecule has 3 rings (SSSR count). The van der Waals surface area contributed by atoms with Crippen molar-refractivity contribution in [2.24, 2.45) is 0 Å². The quantitative estimate of drug-likeness (QED) is 0.541. The lowest BCUT2D eigenvalue weighted by molar-refractivity contribution is -0.137. The lowest BCUT2D eigenvalue weighted by Gasteiger charge is -2.12. The highest BCUT2D eigenvalue weighted by atomic mass is 32.2. The number of alkyl halides is 3. The Balaban J connectivity index is 1.90. The minimum atomic E-state index is -4.55. The summed E-state index contributed by atoms with van der Waals surface area (Å²) >= 11 is 1.05. The lowest BCUT2D eigenvalue weighted by atomic mass is 10.0. The first kappa shape index (κ1) is 22.1. The van der Waals surface area contributed by atoms with Crippen molar-refractivity contribution in [3.05, 3.63) is 71.2 Å². The SMILES string of the molecule is CSOc1ncc(-c2cc(NC(=O)c3cccc(C(F)(F)F)c3)cnc2C)cc1C#N. The number of aromatic nitrogens is 2. The van der Waals surface area contributed by atoms with Gasteiger partial charge in [-0.2, -0.15) is 18.4 Å². The van der Waals surface area contributed by atoms with Crippen LogP contribution in [0.2, 0.25) is 0 Å². The van der Waals surface area contributed by atoms with Crippen LogP contribution in [0.25, 0.3) is 11.1 Å². The summed E-state index contributed by atoms with van der Waals surface area (Å²) in [6, 6.07) is 9.35. The number of aryl methyl sites for hydroxylation is 1. The number of halogens is 3. The minimum absolute atomic E-state index is 0.135. The fourth-order valence-corrected chi connectivity index (χ4v) is 3.05. The van der Waals surface area contributed by atoms with E-state index in [0.29, 0.717) is 16.8 Å². The minimum Gasteiger partial charge on any atom is -0.405 e. The Bertz CT molecular complexity index is 1180. The van der Waals surface area contributed by atoms with Gasteiger partial charge >= 0.3 is 6.18 Å². The molecule has 1 amide bonds. The molecule has 0 aliphatic carbocycles. The second kappa shape index (κ2) is 9.06. The maximum atomic E-state index is 12.9. The van der Waals surface area contributed by atoms with Gasteiger partial charge in [0.1, 0.15) is 11.6 Å². The Hall–Kier alpha value is -3.58. The van der Waals surface area contributed by atoms with E-state index in [4.69, 9.17) is 4.18 Å². The third-order valence-corrected chi connectivity index (χ3v) is 4.57. The fraction of sp³-hybridized carbons (Fsp3) is 0.143. The highest BCUT2D eigenvalue weighted by Crippen LogP contribution is 2.31. The molecular weight excluding hydrogens is 429 g/mol. The Labute approximate surface area is 180 Å². The number of anilines is 1. The highest BCUT2D eigenvalue weighted by Gasteiger charge is 2.30. The molecule has 0 unspecified atom stereocenters. The molecular formula is C21H15F3N4O2S. The number of rotatable bonds is 5. The van der Waals surface area contributed by atoms with Crippen LogP contribution in [0.5, 0.6) is 5.88 Å². The van der Waals surface area contributed by atoms with E-state index in [-0.39, 0.29) is 22.7 Å². The Morgan fingerprint density at radius 2 is 1.97 bits per heavy atom. The number of hydrogen-bond donors (Lipinski definition) is 1. The average Bonchev–Trinajstić information content (AvgIpc) is 2.75. The smallest absolute Gasteiger partial charge is 0.405 e. The van der Waals surface area contributed by atoms with Crippen molar-refractivity contribution >= 4 is 23.6 Å². The van der Waals surface area contributed by atoms with E-state index in [1.165, 1.54) is 24.5 Å². The Morgan fingerprint density at radius 3 is 2.65 bits per heavy atom. The lowest BCUT2D eigenvalue weighted by Crippen LogP contribution is -2.14. The average molecular weight is 444 g/mol. The van der Waals surface area contributed by atoms with Gasteiger partial charge < -0.3 is 9.50 Å². The van der Waals surface area contributed by atoms with Gasteiger partial charge in [-0.3, -0.25) is 9.78 Å². The van der Waals surface area contributed by atoms with Crippen molar-refractivity contribution in [1.82, 2.24) is 9.97 Å². The Kier molecular flexibility index (Phi) is 6.46. The van der Waals surface area contributed by atoms with Crippen LogP contribution in [0.4, 0.5) is 18.9 Å². The van der Waals surface area contributed by atoms with Crippen LogP contribution in [0, 0.1) is 18.3 Å². The molecule has 0 bridgehead atoms. The topological polar surface area (TPSA) is 87.9 Å². The molecule has 1 N–H and O–H groups in total. The van der Waals surface area contributed by atoms with E-state index in [9.17, 15) is 23.2 Å². The number of amides is 1. The summed E-state index contributed by atoms with van der Waals surface area (Å²) in [6.45, 7) is 1.74. The number of hydrogen-bond acceptors (Lipinski definition) is 6. The molecule has 1 aromatic carbocycles. The van der Waals surface area contributed by atoms with Gasteiger partial charge in [0.2, 0.25) is 5.88 Å². The predicted octanol–water partition coefficient (Wildman–Crippen LogP) is 5.25. The summed E-state index contributed by atoms with van der Waals surface area (Å²) in [4.78, 5) is 20.8. The fourth-order valence-electron chi connectivity index (χ4n) is 2.76. The van der Waals surface area contributed by atoms with Gasteiger partial charge in [0.15, 0.2) is 0 Å². The largest absolute Gasteiger partial charge is 0.416 e. The van der Waals surface area contributed by atoms with Gasteiger partial charge in [-0.25, -0.2) is 4.98 Å². The van der Waals surface area contributed by atoms with Crippen LogP contribution >= 0.6 is 12.0 Å². The molecule has 158 valence electrons. The van der Waals surface area contributed by atoms with E-state index < -0.39 is 17.6 Å². The van der Waals surface area contributed by atoms with E-state index in [1.54, 1.807) is 25.3 Å². The molecule has 0 atom stereocenters. The van der Waals surface area contributed by atoms with Crippen molar-refractivity contribution in [3.8, 4) is 23.1 Å². The van der Waals surface area contributed by atoms with Crippen LogP contribution in [-0.2, 0) is 6.18 Å². The Morgan fingerprint density at radius 1 is 1.19 bits per heavy atom. The third-order valence-electron chi connectivity index (χ3n) is 4.24. The number of carbonyl (C=O) groups excluding carboxylic acids is 1. The van der Waals surface area contributed by atoms with Crippen molar-refractivity contribution in [3.63, 3.8) is 0 Å². The number of nitrogens with zero attached hydrogens (tertiary/aromatic N) is 3. The molecule has 6 nitrogen and oxygen atoms in total. The molecule has 10 heteroatoms. The molecule has 0 aliphatic rings. The summed E-state index contributed by atoms with van der Waals surface area (Å²) in [5, 5.41) is 11.9. The van der Waals surface area contributed by atoms with E-state index in [2.05, 4.69) is 15.3 Å². The van der Waals surface area contributed by atoms with Crippen molar-refractivity contribution < 1.29 is 22.1 Å². The molecule has 2 heterocycles. The highest BCUT2D eigenvalue weighted by molar-refractivity contribution is 7.94. The monoisotopic (exact) mass is 444 g/mol. The molecule has 0 saturated carbocycles. The van der Waals surface area contributed by atoms with Gasteiger partial charge in [0, 0.05) is 34.8 Å². The zero-order valence-electron chi connectivity index (χ0n) is 16.3. The summed E-state index contributed by atoms with van der Waals surface area (Å²) < 4.78 is 43.9. The summed E-state index contributed by atoms with van der Waals surface area (Å²) in [5.41, 5.74) is 1.25. The van der Waals surface area contributed by atoms with Crippen LogP contribution in [0.3, 0.4) is 0 Å². The van der Waals surface area contributed by atoms with Crippen molar-refractivity contribution in [1.29, 1.82) is 5.26 Å². The first-order valence-corrected chi connectivity index (χ1v) is 9.94. The second-order valence-electron chi connectivity index (χ2n) is 6.33. The first-order chi connectivity index (χ1) is 14.7. The van der Waals surface area contributed by atoms with Gasteiger partial charge in [0.05, 0.1) is 29.5 Å². The van der Waals surface area contributed by atoms with Crippen LogP contribution in [-0.4, -0.2) is 22.1 Å². The summed E-state index contributed by atoms with van der Waals surface area (Å²) in [5.74, 6) is -0.527. The third kappa shape index (κ3) is 5.13. The maximum absolute atomic E-state index is 12.9. The van der Waals surface area contributed by atoms with E-state index in [1.807, 2.05) is 6.07 Å². The number of nitriles is 1. The molecule has 0 fully saturated rings. The van der Waals surface area contributed by atoms with Crippen LogP contribution < -0.4 is 9.50 Å². The molecule has 2 aromatic heterocycles. The number of pyridine rings is 2. The molecule has 0 radical (unpaired) electrons.